The average Bonchev–Trinajstić information content (AvgIpc) is 2.87. The molecule has 0 saturated carbocycles. The summed E-state index contributed by atoms with van der Waals surface area (Å²) in [6, 6.07) is 13.7. The summed E-state index contributed by atoms with van der Waals surface area (Å²) in [7, 11) is 0. The number of pyridine rings is 1. The van der Waals surface area contributed by atoms with E-state index in [-0.39, 0.29) is 5.92 Å². The van der Waals surface area contributed by atoms with Crippen molar-refractivity contribution < 1.29 is 22.3 Å². The van der Waals surface area contributed by atoms with Crippen LogP contribution in [0.2, 0.25) is 0 Å². The van der Waals surface area contributed by atoms with Crippen LogP contribution in [0.15, 0.2) is 78.1 Å². The fourth-order valence-corrected chi connectivity index (χ4v) is 4.65. The van der Waals surface area contributed by atoms with Crippen LogP contribution >= 0.6 is 11.9 Å². The van der Waals surface area contributed by atoms with Crippen LogP contribution in [0.1, 0.15) is 29.0 Å². The Morgan fingerprint density at radius 1 is 0.943 bits per heavy atom. The molecule has 5 nitrogen and oxygen atoms in total. The van der Waals surface area contributed by atoms with Crippen molar-refractivity contribution in [1.29, 1.82) is 0 Å². The highest BCUT2D eigenvalue weighted by atomic mass is 32.2. The van der Waals surface area contributed by atoms with Crippen molar-refractivity contribution >= 4 is 17.9 Å². The second kappa shape index (κ2) is 9.53. The number of rotatable bonds is 5. The third kappa shape index (κ3) is 5.07. The molecule has 0 bridgehead atoms. The van der Waals surface area contributed by atoms with Crippen molar-refractivity contribution in [3.63, 3.8) is 0 Å². The summed E-state index contributed by atoms with van der Waals surface area (Å²) in [5.41, 5.74) is 1.58. The third-order valence-electron chi connectivity index (χ3n) is 5.64. The van der Waals surface area contributed by atoms with Gasteiger partial charge in [0.05, 0.1) is 12.2 Å². The van der Waals surface area contributed by atoms with Gasteiger partial charge in [-0.25, -0.2) is 15.0 Å². The number of hydrogen-bond acceptors (Lipinski definition) is 6. The van der Waals surface area contributed by atoms with Gasteiger partial charge in [-0.2, -0.15) is 17.6 Å². The van der Waals surface area contributed by atoms with E-state index in [1.807, 2.05) is 18.2 Å². The van der Waals surface area contributed by atoms with Crippen LogP contribution in [0, 0.1) is 5.95 Å². The monoisotopic (exact) mass is 498 g/mol. The van der Waals surface area contributed by atoms with Gasteiger partial charge in [-0.15, -0.1) is 0 Å². The molecule has 2 aromatic heterocycles. The molecule has 35 heavy (non-hydrogen) atoms. The van der Waals surface area contributed by atoms with E-state index in [1.54, 1.807) is 18.5 Å². The van der Waals surface area contributed by atoms with Gasteiger partial charge in [0.1, 0.15) is 5.75 Å². The number of hydrogen-bond donors (Lipinski definition) is 1. The number of fused-ring (bicyclic) bond motifs is 1. The maximum atomic E-state index is 13.5. The Bertz CT molecular complexity index is 1330. The van der Waals surface area contributed by atoms with Gasteiger partial charge < -0.3 is 4.74 Å². The van der Waals surface area contributed by atoms with E-state index in [4.69, 9.17) is 4.74 Å². The Morgan fingerprint density at radius 2 is 1.74 bits per heavy atom. The molecule has 178 valence electrons. The van der Waals surface area contributed by atoms with Gasteiger partial charge >= 0.3 is 6.18 Å². The predicted octanol–water partition coefficient (Wildman–Crippen LogP) is 6.73. The Balaban J connectivity index is 1.50. The molecule has 1 unspecified atom stereocenters. The number of aromatic nitrogens is 3. The Labute approximate surface area is 202 Å². The molecule has 4 aromatic rings. The highest BCUT2D eigenvalue weighted by Crippen LogP contribution is 2.44. The van der Waals surface area contributed by atoms with Crippen molar-refractivity contribution in [2.75, 3.05) is 11.3 Å². The predicted molar refractivity (Wildman–Crippen MR) is 125 cm³/mol. The molecular weight excluding hydrogens is 480 g/mol. The van der Waals surface area contributed by atoms with Gasteiger partial charge in [-0.05, 0) is 72.0 Å². The maximum absolute atomic E-state index is 13.5. The fraction of sp³-hybridized carbons (Fsp3) is 0.160. The zero-order valence-electron chi connectivity index (χ0n) is 18.1. The highest BCUT2D eigenvalue weighted by Gasteiger charge is 2.33. The second-order valence-electron chi connectivity index (χ2n) is 7.84. The first-order valence-electron chi connectivity index (χ1n) is 10.7. The van der Waals surface area contributed by atoms with Gasteiger partial charge in [0.15, 0.2) is 0 Å². The summed E-state index contributed by atoms with van der Waals surface area (Å²) < 4.78 is 62.8. The third-order valence-corrected chi connectivity index (χ3v) is 6.42. The summed E-state index contributed by atoms with van der Waals surface area (Å²) in [6.07, 6.45) is 0.605. The van der Waals surface area contributed by atoms with E-state index >= 15 is 0 Å². The smallest absolute Gasteiger partial charge is 0.416 e. The second-order valence-corrected chi connectivity index (χ2v) is 8.71. The lowest BCUT2D eigenvalue weighted by Gasteiger charge is -2.29. The summed E-state index contributed by atoms with van der Waals surface area (Å²) in [6.45, 7) is 0.406. The van der Waals surface area contributed by atoms with E-state index in [0.29, 0.717) is 41.4 Å². The van der Waals surface area contributed by atoms with Crippen LogP contribution in [0.4, 0.5) is 23.5 Å². The van der Waals surface area contributed by atoms with E-state index in [2.05, 4.69) is 19.7 Å². The van der Waals surface area contributed by atoms with Gasteiger partial charge in [-0.1, -0.05) is 12.1 Å². The molecule has 0 amide bonds. The zero-order valence-corrected chi connectivity index (χ0v) is 18.9. The molecule has 3 heterocycles. The minimum atomic E-state index is -4.50. The standard InChI is InChI=1S/C25H18F4N4OS/c26-23-7-2-15(14-32-23)21-12-16(25(27,28)29)3-5-18(21)19-8-11-34-22-13-17(4-6-20(19)22)35-33-24-30-9-1-10-31-24/h1-7,9-10,12-14,19H,8,11H2,(H,30,31,33). The van der Waals surface area contributed by atoms with Crippen molar-refractivity contribution in [3.05, 3.63) is 95.8 Å². The molecule has 0 radical (unpaired) electrons. The van der Waals surface area contributed by atoms with Crippen molar-refractivity contribution in [3.8, 4) is 16.9 Å². The molecule has 1 atom stereocenters. The molecule has 2 aromatic carbocycles. The quantitative estimate of drug-likeness (QED) is 0.187. The van der Waals surface area contributed by atoms with Crippen LogP contribution in [-0.2, 0) is 6.18 Å². The lowest BCUT2D eigenvalue weighted by Crippen LogP contribution is -2.16. The summed E-state index contributed by atoms with van der Waals surface area (Å²) in [5.74, 6) is 0.227. The first-order chi connectivity index (χ1) is 16.9. The van der Waals surface area contributed by atoms with Crippen molar-refractivity contribution in [1.82, 2.24) is 15.0 Å². The minimum Gasteiger partial charge on any atom is -0.493 e. The zero-order chi connectivity index (χ0) is 24.4. The SMILES string of the molecule is Fc1ccc(-c2cc(C(F)(F)F)ccc2C2CCOc3cc(SNc4ncccn4)ccc32)cn1. The molecule has 1 N–H and O–H groups in total. The van der Waals surface area contributed by atoms with Crippen LogP contribution in [0.5, 0.6) is 5.75 Å². The number of alkyl halides is 3. The minimum absolute atomic E-state index is 0.203. The van der Waals surface area contributed by atoms with E-state index < -0.39 is 17.7 Å². The lowest BCUT2D eigenvalue weighted by atomic mass is 9.82. The van der Waals surface area contributed by atoms with Gasteiger partial charge in [-0.3, -0.25) is 4.72 Å². The van der Waals surface area contributed by atoms with Crippen LogP contribution in [0.25, 0.3) is 11.1 Å². The van der Waals surface area contributed by atoms with Gasteiger partial charge in [0, 0.05) is 40.5 Å². The van der Waals surface area contributed by atoms with E-state index in [0.717, 1.165) is 28.7 Å². The lowest BCUT2D eigenvalue weighted by molar-refractivity contribution is -0.137. The van der Waals surface area contributed by atoms with Gasteiger partial charge in [0.2, 0.25) is 11.9 Å². The topological polar surface area (TPSA) is 59.9 Å². The molecule has 1 aliphatic rings. The molecule has 0 fully saturated rings. The number of nitrogens with zero attached hydrogens (tertiary/aromatic N) is 3. The van der Waals surface area contributed by atoms with E-state index in [9.17, 15) is 17.6 Å². The maximum Gasteiger partial charge on any atom is 0.416 e. The summed E-state index contributed by atoms with van der Waals surface area (Å²) in [4.78, 5) is 12.7. The van der Waals surface area contributed by atoms with Crippen molar-refractivity contribution in [2.45, 2.75) is 23.4 Å². The highest BCUT2D eigenvalue weighted by molar-refractivity contribution is 8.00. The molecule has 1 aliphatic heterocycles. The molecule has 0 spiro atoms. The first kappa shape index (κ1) is 23.1. The van der Waals surface area contributed by atoms with E-state index in [1.165, 1.54) is 30.3 Å². The number of ether oxygens (including phenoxy) is 1. The summed E-state index contributed by atoms with van der Waals surface area (Å²) in [5, 5.41) is 0. The molecule has 10 heteroatoms. The Kier molecular flexibility index (Phi) is 6.29. The van der Waals surface area contributed by atoms with Crippen LogP contribution < -0.4 is 9.46 Å². The Hall–Kier alpha value is -3.66. The number of nitrogens with one attached hydrogen (secondary N) is 1. The van der Waals surface area contributed by atoms with Crippen LogP contribution in [0.3, 0.4) is 0 Å². The average molecular weight is 499 g/mol. The first-order valence-corrected chi connectivity index (χ1v) is 11.5. The van der Waals surface area contributed by atoms with Crippen LogP contribution in [-0.4, -0.2) is 21.6 Å². The fourth-order valence-electron chi connectivity index (χ4n) is 4.03. The van der Waals surface area contributed by atoms with Gasteiger partial charge in [0.25, 0.3) is 0 Å². The number of halogens is 4. The number of anilines is 1. The molecule has 5 rings (SSSR count). The Morgan fingerprint density at radius 3 is 2.49 bits per heavy atom. The largest absolute Gasteiger partial charge is 0.493 e. The molecule has 0 aliphatic carbocycles. The van der Waals surface area contributed by atoms with Crippen molar-refractivity contribution in [2.24, 2.45) is 0 Å². The summed E-state index contributed by atoms with van der Waals surface area (Å²) >= 11 is 1.33. The molecule has 0 saturated heterocycles. The normalized spacial score (nSPS) is 15.3. The number of benzene rings is 2. The molecular formula is C25H18F4N4OS.